The van der Waals surface area contributed by atoms with Crippen LogP contribution in [0.2, 0.25) is 0 Å². The van der Waals surface area contributed by atoms with E-state index < -0.39 is 12.1 Å². The van der Waals surface area contributed by atoms with Crippen LogP contribution in [0.4, 0.5) is 0 Å². The number of esters is 1. The van der Waals surface area contributed by atoms with Crippen LogP contribution < -0.4 is 0 Å². The molecule has 0 amide bonds. The van der Waals surface area contributed by atoms with Gasteiger partial charge in [0.1, 0.15) is 5.69 Å². The van der Waals surface area contributed by atoms with Crippen LogP contribution in [-0.4, -0.2) is 22.5 Å². The van der Waals surface area contributed by atoms with Gasteiger partial charge in [-0.25, -0.2) is 4.79 Å². The highest BCUT2D eigenvalue weighted by Crippen LogP contribution is 2.26. The Bertz CT molecular complexity index is 1020. The van der Waals surface area contributed by atoms with Crippen LogP contribution in [0.25, 0.3) is 0 Å². The summed E-state index contributed by atoms with van der Waals surface area (Å²) in [5, 5.41) is 0. The highest BCUT2D eigenvalue weighted by Gasteiger charge is 2.29. The first-order valence-corrected chi connectivity index (χ1v) is 8.95. The van der Waals surface area contributed by atoms with Crippen molar-refractivity contribution < 1.29 is 19.1 Å². The molecule has 5 nitrogen and oxygen atoms in total. The van der Waals surface area contributed by atoms with Gasteiger partial charge in [-0.15, -0.1) is 0 Å². The minimum absolute atomic E-state index is 0.134. The van der Waals surface area contributed by atoms with Crippen molar-refractivity contribution in [3.05, 3.63) is 94.3 Å². The maximum atomic E-state index is 13.0. The Morgan fingerprint density at radius 1 is 0.893 bits per heavy atom. The van der Waals surface area contributed by atoms with E-state index in [0.29, 0.717) is 27.9 Å². The Hall–Kier alpha value is -3.47. The fourth-order valence-electron chi connectivity index (χ4n) is 3.30. The molecule has 142 valence electrons. The number of aromatic nitrogens is 1. The lowest BCUT2D eigenvalue weighted by molar-refractivity contribution is 0.0274. The smallest absolute Gasteiger partial charge is 0.356 e. The van der Waals surface area contributed by atoms with Gasteiger partial charge >= 0.3 is 5.97 Å². The summed E-state index contributed by atoms with van der Waals surface area (Å²) in [4.78, 5) is 40.6. The monoisotopic (exact) mass is 375 g/mol. The summed E-state index contributed by atoms with van der Waals surface area (Å²) in [6, 6.07) is 17.6. The molecule has 0 saturated carbocycles. The third-order valence-electron chi connectivity index (χ3n) is 4.62. The molecule has 1 aromatic heterocycles. The Balaban J connectivity index is 1.97. The van der Waals surface area contributed by atoms with E-state index >= 15 is 0 Å². The molecule has 0 aliphatic carbocycles. The number of rotatable bonds is 6. The van der Waals surface area contributed by atoms with E-state index in [1.165, 1.54) is 6.92 Å². The van der Waals surface area contributed by atoms with Crippen molar-refractivity contribution >= 4 is 17.5 Å². The van der Waals surface area contributed by atoms with E-state index in [0.717, 1.165) is 0 Å². The molecule has 2 aromatic carbocycles. The molecule has 3 aromatic rings. The van der Waals surface area contributed by atoms with Gasteiger partial charge in [0, 0.05) is 22.4 Å². The summed E-state index contributed by atoms with van der Waals surface area (Å²) in [6.07, 6.45) is -1.08. The first-order valence-electron chi connectivity index (χ1n) is 8.95. The molecule has 0 fully saturated rings. The number of H-pyrrole nitrogens is 1. The number of benzene rings is 2. The lowest BCUT2D eigenvalue weighted by Gasteiger charge is -2.17. The average molecular weight is 375 g/mol. The number of ether oxygens (including phenoxy) is 1. The minimum Gasteiger partial charge on any atom is -0.444 e. The first kappa shape index (κ1) is 19.3. The molecule has 0 saturated heterocycles. The second kappa shape index (κ2) is 8.05. The fourth-order valence-corrected chi connectivity index (χ4v) is 3.30. The van der Waals surface area contributed by atoms with Gasteiger partial charge in [-0.1, -0.05) is 60.7 Å². The van der Waals surface area contributed by atoms with Gasteiger partial charge in [0.05, 0.1) is 0 Å². The Morgan fingerprint density at radius 2 is 1.46 bits per heavy atom. The van der Waals surface area contributed by atoms with Crippen LogP contribution >= 0.6 is 0 Å². The Kier molecular flexibility index (Phi) is 5.54. The molecule has 0 bridgehead atoms. The van der Waals surface area contributed by atoms with Gasteiger partial charge in [-0.3, -0.25) is 9.59 Å². The van der Waals surface area contributed by atoms with Crippen molar-refractivity contribution in [1.82, 2.24) is 4.98 Å². The van der Waals surface area contributed by atoms with Crippen LogP contribution in [0.15, 0.2) is 60.7 Å². The normalized spacial score (nSPS) is 11.7. The molecule has 1 atom stereocenters. The third kappa shape index (κ3) is 3.78. The zero-order valence-corrected chi connectivity index (χ0v) is 16.0. The molecule has 0 aliphatic heterocycles. The van der Waals surface area contributed by atoms with E-state index in [2.05, 4.69) is 4.98 Å². The molecular weight excluding hydrogens is 354 g/mol. The van der Waals surface area contributed by atoms with Crippen molar-refractivity contribution in [3.63, 3.8) is 0 Å². The van der Waals surface area contributed by atoms with Crippen molar-refractivity contribution in [2.75, 3.05) is 0 Å². The van der Waals surface area contributed by atoms with Gasteiger partial charge < -0.3 is 9.72 Å². The molecule has 28 heavy (non-hydrogen) atoms. The Morgan fingerprint density at radius 3 is 2.00 bits per heavy atom. The molecule has 3 rings (SSSR count). The molecule has 0 radical (unpaired) electrons. The first-order chi connectivity index (χ1) is 13.4. The van der Waals surface area contributed by atoms with Gasteiger partial charge in [0.25, 0.3) is 0 Å². The van der Waals surface area contributed by atoms with Crippen LogP contribution in [0.3, 0.4) is 0 Å². The topological polar surface area (TPSA) is 76.2 Å². The number of carbonyl (C=O) groups is 3. The second-order valence-corrected chi connectivity index (χ2v) is 6.61. The number of hydrogen-bond acceptors (Lipinski definition) is 4. The average Bonchev–Trinajstić information content (AvgIpc) is 3.01. The number of nitrogens with one attached hydrogen (secondary N) is 1. The number of Topliss-reactive ketones (excluding diaryl/α,β-unsaturated/α-hetero) is 2. The summed E-state index contributed by atoms with van der Waals surface area (Å²) in [5.41, 5.74) is 2.81. The van der Waals surface area contributed by atoms with Gasteiger partial charge in [0.15, 0.2) is 11.9 Å². The lowest BCUT2D eigenvalue weighted by Crippen LogP contribution is -2.21. The molecule has 0 aliphatic rings. The number of ketones is 2. The summed E-state index contributed by atoms with van der Waals surface area (Å²) in [6.45, 7) is 4.86. The minimum atomic E-state index is -1.08. The summed E-state index contributed by atoms with van der Waals surface area (Å²) in [5.74, 6) is -1.12. The van der Waals surface area contributed by atoms with Gasteiger partial charge in [0.2, 0.25) is 5.78 Å². The molecule has 0 unspecified atom stereocenters. The predicted molar refractivity (Wildman–Crippen MR) is 106 cm³/mol. The molecule has 1 N–H and O–H groups in total. The van der Waals surface area contributed by atoms with E-state index in [9.17, 15) is 14.4 Å². The van der Waals surface area contributed by atoms with Crippen molar-refractivity contribution in [2.24, 2.45) is 0 Å². The zero-order valence-electron chi connectivity index (χ0n) is 16.0. The van der Waals surface area contributed by atoms with E-state index in [1.807, 2.05) is 12.1 Å². The molecule has 0 spiro atoms. The SMILES string of the molecule is CC(=O)c1c(C)[nH]c(C(=O)O[C@@H](C(=O)c2ccccc2)c2ccccc2)c1C. The highest BCUT2D eigenvalue weighted by molar-refractivity contribution is 6.04. The molecular formula is C23H21NO4. The number of aryl methyl sites for hydroxylation is 1. The van der Waals surface area contributed by atoms with Crippen molar-refractivity contribution in [3.8, 4) is 0 Å². The third-order valence-corrected chi connectivity index (χ3v) is 4.62. The van der Waals surface area contributed by atoms with Crippen LogP contribution in [0.5, 0.6) is 0 Å². The summed E-state index contributed by atoms with van der Waals surface area (Å²) < 4.78 is 5.64. The largest absolute Gasteiger partial charge is 0.444 e. The van der Waals surface area contributed by atoms with Crippen LogP contribution in [-0.2, 0) is 4.74 Å². The van der Waals surface area contributed by atoms with Crippen molar-refractivity contribution in [1.29, 1.82) is 0 Å². The highest BCUT2D eigenvalue weighted by atomic mass is 16.5. The standard InChI is InChI=1S/C23H21NO4/c1-14-19(16(3)25)15(2)24-20(14)23(27)28-22(18-12-8-5-9-13-18)21(26)17-10-6-4-7-11-17/h4-13,22,24H,1-3H3/t22-/m1/s1. The van der Waals surface area contributed by atoms with Crippen LogP contribution in [0, 0.1) is 13.8 Å². The maximum Gasteiger partial charge on any atom is 0.356 e. The van der Waals surface area contributed by atoms with Gasteiger partial charge in [-0.2, -0.15) is 0 Å². The van der Waals surface area contributed by atoms with E-state index in [-0.39, 0.29) is 17.3 Å². The zero-order chi connectivity index (χ0) is 20.3. The van der Waals surface area contributed by atoms with Gasteiger partial charge in [-0.05, 0) is 26.3 Å². The van der Waals surface area contributed by atoms with E-state index in [4.69, 9.17) is 4.74 Å². The second-order valence-electron chi connectivity index (χ2n) is 6.61. The summed E-state index contributed by atoms with van der Waals surface area (Å²) in [7, 11) is 0. The fraction of sp³-hybridized carbons (Fsp3) is 0.174. The number of aromatic amines is 1. The van der Waals surface area contributed by atoms with Crippen molar-refractivity contribution in [2.45, 2.75) is 26.9 Å². The lowest BCUT2D eigenvalue weighted by atomic mass is 9.99. The summed E-state index contributed by atoms with van der Waals surface area (Å²) >= 11 is 0. The Labute approximate surface area is 163 Å². The molecule has 1 heterocycles. The van der Waals surface area contributed by atoms with Crippen LogP contribution in [0.1, 0.15) is 61.1 Å². The molecule has 5 heteroatoms. The predicted octanol–water partition coefficient (Wildman–Crippen LogP) is 4.62. The van der Waals surface area contributed by atoms with E-state index in [1.54, 1.807) is 62.4 Å². The number of hydrogen-bond donors (Lipinski definition) is 1. The maximum absolute atomic E-state index is 13.0. The number of carbonyl (C=O) groups excluding carboxylic acids is 3. The quantitative estimate of drug-likeness (QED) is 0.504.